The van der Waals surface area contributed by atoms with E-state index in [0.29, 0.717) is 25.1 Å². The Kier molecular flexibility index (Phi) is 3.47. The highest BCUT2D eigenvalue weighted by molar-refractivity contribution is 5.52. The van der Waals surface area contributed by atoms with E-state index in [1.807, 2.05) is 0 Å². The van der Waals surface area contributed by atoms with Gasteiger partial charge in [-0.15, -0.1) is 5.10 Å². The minimum Gasteiger partial charge on any atom is -0.408 e. The summed E-state index contributed by atoms with van der Waals surface area (Å²) in [6, 6.07) is 0.968. The van der Waals surface area contributed by atoms with Crippen LogP contribution in [0.1, 0.15) is 5.89 Å². The van der Waals surface area contributed by atoms with Crippen molar-refractivity contribution in [2.75, 3.05) is 11.9 Å². The zero-order valence-electron chi connectivity index (χ0n) is 9.08. The van der Waals surface area contributed by atoms with Gasteiger partial charge in [-0.3, -0.25) is 0 Å². The van der Waals surface area contributed by atoms with Crippen molar-refractivity contribution in [3.8, 4) is 0 Å². The number of nitrogens with one attached hydrogen (secondary N) is 1. The minimum atomic E-state index is -1.27. The molecule has 5 nitrogen and oxygen atoms in total. The number of hydrogen-bond acceptors (Lipinski definition) is 5. The van der Waals surface area contributed by atoms with Crippen LogP contribution in [0.15, 0.2) is 16.5 Å². The van der Waals surface area contributed by atoms with Gasteiger partial charge in [0.15, 0.2) is 11.6 Å². The number of nitrogens with zero attached hydrogens (tertiary/aromatic N) is 2. The fourth-order valence-corrected chi connectivity index (χ4v) is 1.26. The molecule has 1 aromatic heterocycles. The number of halogens is 3. The van der Waals surface area contributed by atoms with Crippen LogP contribution in [0.2, 0.25) is 0 Å². The Bertz CT molecular complexity index is 558. The summed E-state index contributed by atoms with van der Waals surface area (Å²) >= 11 is 0. The smallest absolute Gasteiger partial charge is 0.320 e. The van der Waals surface area contributed by atoms with Gasteiger partial charge < -0.3 is 15.5 Å². The molecular weight excluding hydrogens is 249 g/mol. The van der Waals surface area contributed by atoms with Crippen LogP contribution in [-0.4, -0.2) is 16.7 Å². The minimum absolute atomic E-state index is 0.122. The Morgan fingerprint density at radius 1 is 1.11 bits per heavy atom. The van der Waals surface area contributed by atoms with Crippen LogP contribution in [-0.2, 0) is 6.42 Å². The molecule has 8 heteroatoms. The van der Waals surface area contributed by atoms with Gasteiger partial charge in [-0.2, -0.15) is 0 Å². The highest BCUT2D eigenvalue weighted by Crippen LogP contribution is 2.22. The van der Waals surface area contributed by atoms with Gasteiger partial charge in [-0.05, 0) is 0 Å². The number of rotatable bonds is 4. The van der Waals surface area contributed by atoms with E-state index >= 15 is 0 Å². The molecular formula is C10H9F3N4O. The van der Waals surface area contributed by atoms with Crippen molar-refractivity contribution in [1.29, 1.82) is 0 Å². The normalized spacial score (nSPS) is 10.7. The molecule has 0 aliphatic rings. The molecule has 0 atom stereocenters. The second-order valence-electron chi connectivity index (χ2n) is 3.41. The van der Waals surface area contributed by atoms with Gasteiger partial charge >= 0.3 is 6.01 Å². The molecule has 0 amide bonds. The van der Waals surface area contributed by atoms with Crippen molar-refractivity contribution in [2.45, 2.75) is 6.42 Å². The first-order valence-electron chi connectivity index (χ1n) is 5.04. The van der Waals surface area contributed by atoms with E-state index in [1.54, 1.807) is 0 Å². The molecule has 0 saturated carbocycles. The predicted octanol–water partition coefficient (Wildman–Crippen LogP) is 1.73. The van der Waals surface area contributed by atoms with Gasteiger partial charge in [0.1, 0.15) is 5.82 Å². The van der Waals surface area contributed by atoms with Crippen LogP contribution in [0.5, 0.6) is 0 Å². The van der Waals surface area contributed by atoms with Crippen LogP contribution in [0.25, 0.3) is 0 Å². The van der Waals surface area contributed by atoms with E-state index in [-0.39, 0.29) is 17.6 Å². The average molecular weight is 258 g/mol. The first kappa shape index (κ1) is 12.4. The standard InChI is InChI=1S/C10H9F3N4O/c11-5-3-7(13)8(4-6(5)12)15-10-17-16-9(18-10)1-2-14/h3-4H,1-2,14H2,(H,15,17). The molecule has 0 spiro atoms. The summed E-state index contributed by atoms with van der Waals surface area (Å²) in [4.78, 5) is 0. The largest absolute Gasteiger partial charge is 0.408 e. The number of aromatic nitrogens is 2. The lowest BCUT2D eigenvalue weighted by molar-refractivity contribution is 0.493. The predicted molar refractivity (Wildman–Crippen MR) is 56.7 cm³/mol. The summed E-state index contributed by atoms with van der Waals surface area (Å²) in [5.74, 6) is -3.15. The third-order valence-electron chi connectivity index (χ3n) is 2.08. The lowest BCUT2D eigenvalue weighted by Crippen LogP contribution is -2.02. The lowest BCUT2D eigenvalue weighted by atomic mass is 10.3. The molecule has 0 saturated heterocycles. The monoisotopic (exact) mass is 258 g/mol. The SMILES string of the molecule is NCCc1nnc(Nc2cc(F)c(F)cc2F)o1. The zero-order chi connectivity index (χ0) is 13.1. The van der Waals surface area contributed by atoms with Crippen molar-refractivity contribution < 1.29 is 17.6 Å². The molecule has 3 N–H and O–H groups in total. The fraction of sp³-hybridized carbons (Fsp3) is 0.200. The van der Waals surface area contributed by atoms with Crippen LogP contribution in [0.3, 0.4) is 0 Å². The molecule has 0 aliphatic carbocycles. The molecule has 2 aromatic rings. The van der Waals surface area contributed by atoms with Gasteiger partial charge in [0.25, 0.3) is 0 Å². The lowest BCUT2D eigenvalue weighted by Gasteiger charge is -2.03. The van der Waals surface area contributed by atoms with Gasteiger partial charge in [0, 0.05) is 25.1 Å². The van der Waals surface area contributed by atoms with Crippen LogP contribution < -0.4 is 11.1 Å². The maximum atomic E-state index is 13.3. The Morgan fingerprint density at radius 3 is 2.56 bits per heavy atom. The van der Waals surface area contributed by atoms with E-state index in [2.05, 4.69) is 15.5 Å². The Balaban J connectivity index is 2.20. The molecule has 18 heavy (non-hydrogen) atoms. The van der Waals surface area contributed by atoms with Gasteiger partial charge in [-0.25, -0.2) is 13.2 Å². The third-order valence-corrected chi connectivity index (χ3v) is 2.08. The van der Waals surface area contributed by atoms with Crippen LogP contribution in [0.4, 0.5) is 24.9 Å². The van der Waals surface area contributed by atoms with Crippen molar-refractivity contribution in [3.05, 3.63) is 35.5 Å². The number of nitrogens with two attached hydrogens (primary N) is 1. The van der Waals surface area contributed by atoms with E-state index in [9.17, 15) is 13.2 Å². The highest BCUT2D eigenvalue weighted by Gasteiger charge is 2.12. The maximum Gasteiger partial charge on any atom is 0.320 e. The number of hydrogen-bond donors (Lipinski definition) is 2. The van der Waals surface area contributed by atoms with E-state index in [0.717, 1.165) is 0 Å². The molecule has 2 rings (SSSR count). The number of anilines is 2. The molecule has 0 radical (unpaired) electrons. The average Bonchev–Trinajstić information content (AvgIpc) is 2.74. The van der Waals surface area contributed by atoms with Crippen molar-refractivity contribution >= 4 is 11.7 Å². The van der Waals surface area contributed by atoms with Crippen molar-refractivity contribution in [1.82, 2.24) is 10.2 Å². The van der Waals surface area contributed by atoms with E-state index in [4.69, 9.17) is 10.2 Å². The molecule has 0 fully saturated rings. The topological polar surface area (TPSA) is 77.0 Å². The fourth-order valence-electron chi connectivity index (χ4n) is 1.26. The third kappa shape index (κ3) is 2.59. The van der Waals surface area contributed by atoms with Crippen LogP contribution in [0, 0.1) is 17.5 Å². The van der Waals surface area contributed by atoms with Gasteiger partial charge in [-0.1, -0.05) is 5.10 Å². The molecule has 0 unspecified atom stereocenters. The molecule has 1 aromatic carbocycles. The van der Waals surface area contributed by atoms with Gasteiger partial charge in [0.2, 0.25) is 5.89 Å². The molecule has 0 aliphatic heterocycles. The molecule has 96 valence electrons. The van der Waals surface area contributed by atoms with Crippen LogP contribution >= 0.6 is 0 Å². The second kappa shape index (κ2) is 5.05. The highest BCUT2D eigenvalue weighted by atomic mass is 19.2. The van der Waals surface area contributed by atoms with E-state index < -0.39 is 17.5 Å². The summed E-state index contributed by atoms with van der Waals surface area (Å²) in [7, 11) is 0. The summed E-state index contributed by atoms with van der Waals surface area (Å²) in [5, 5.41) is 9.54. The Hall–Kier alpha value is -2.09. The van der Waals surface area contributed by atoms with Crippen molar-refractivity contribution in [2.24, 2.45) is 5.73 Å². The first-order chi connectivity index (χ1) is 8.60. The summed E-state index contributed by atoms with van der Waals surface area (Å²) < 4.78 is 44.0. The summed E-state index contributed by atoms with van der Waals surface area (Å²) in [6.07, 6.45) is 0.370. The zero-order valence-corrected chi connectivity index (χ0v) is 9.08. The van der Waals surface area contributed by atoms with E-state index in [1.165, 1.54) is 0 Å². The second-order valence-corrected chi connectivity index (χ2v) is 3.41. The maximum absolute atomic E-state index is 13.3. The Labute approximate surface area is 99.8 Å². The number of benzene rings is 1. The molecule has 1 heterocycles. The summed E-state index contributed by atoms with van der Waals surface area (Å²) in [5.41, 5.74) is 4.99. The first-order valence-corrected chi connectivity index (χ1v) is 5.04. The molecule has 0 bridgehead atoms. The quantitative estimate of drug-likeness (QED) is 0.817. The van der Waals surface area contributed by atoms with Crippen molar-refractivity contribution in [3.63, 3.8) is 0 Å². The van der Waals surface area contributed by atoms with Gasteiger partial charge in [0.05, 0.1) is 5.69 Å². The summed E-state index contributed by atoms with van der Waals surface area (Å²) in [6.45, 7) is 0.321. The Morgan fingerprint density at radius 2 is 1.83 bits per heavy atom.